The maximum atomic E-state index is 13.9. The van der Waals surface area contributed by atoms with Crippen LogP contribution in [0.15, 0.2) is 148 Å². The maximum Gasteiger partial charge on any atom is 0.272 e. The summed E-state index contributed by atoms with van der Waals surface area (Å²) in [5, 5.41) is 10.4. The van der Waals surface area contributed by atoms with E-state index < -0.39 is 17.1 Å². The zero-order valence-corrected chi connectivity index (χ0v) is 31.8. The van der Waals surface area contributed by atoms with Gasteiger partial charge in [-0.2, -0.15) is 0 Å². The van der Waals surface area contributed by atoms with Crippen LogP contribution in [-0.4, -0.2) is 36.9 Å². The van der Waals surface area contributed by atoms with E-state index in [0.29, 0.717) is 33.4 Å². The number of hydrogen-bond donors (Lipinski definition) is 3. The van der Waals surface area contributed by atoms with Crippen molar-refractivity contribution in [3.63, 3.8) is 0 Å². The van der Waals surface area contributed by atoms with Gasteiger partial charge in [0.1, 0.15) is 22.4 Å². The quantitative estimate of drug-likeness (QED) is 0.0787. The smallest absolute Gasteiger partial charge is 0.272 e. The number of thiazole rings is 1. The average molecular weight is 806 g/mol. The minimum absolute atomic E-state index is 0.00660. The van der Waals surface area contributed by atoms with Gasteiger partial charge in [-0.05, 0) is 66.2 Å². The van der Waals surface area contributed by atoms with Crippen LogP contribution in [-0.2, 0) is 9.59 Å². The molecular weight excluding hydrogens is 773 g/mol. The van der Waals surface area contributed by atoms with Gasteiger partial charge in [-0.25, -0.2) is 4.98 Å². The molecule has 0 spiro atoms. The van der Waals surface area contributed by atoms with Crippen molar-refractivity contribution in [1.29, 1.82) is 0 Å². The third-order valence-corrected chi connectivity index (χ3v) is 10.4. The number of nitrogens with one attached hydrogen (secondary N) is 3. The molecule has 0 aliphatic carbocycles. The van der Waals surface area contributed by atoms with Gasteiger partial charge in [0.25, 0.3) is 11.8 Å². The molecule has 12 heteroatoms. The van der Waals surface area contributed by atoms with Crippen LogP contribution in [0.3, 0.4) is 0 Å². The molecule has 0 aliphatic rings. The van der Waals surface area contributed by atoms with Crippen LogP contribution >= 0.6 is 39.0 Å². The molecule has 9 nitrogen and oxygen atoms in total. The Balaban J connectivity index is 1.23. The van der Waals surface area contributed by atoms with Gasteiger partial charge in [-0.15, -0.1) is 23.1 Å². The molecule has 0 fully saturated rings. The lowest BCUT2D eigenvalue weighted by Gasteiger charge is -2.17. The van der Waals surface area contributed by atoms with E-state index in [0.717, 1.165) is 26.2 Å². The predicted octanol–water partition coefficient (Wildman–Crippen LogP) is 9.47. The summed E-state index contributed by atoms with van der Waals surface area (Å²) in [5.41, 5.74) is 3.91. The summed E-state index contributed by atoms with van der Waals surface area (Å²) >= 11 is 6.15. The monoisotopic (exact) mass is 804 g/mol. The highest BCUT2D eigenvalue weighted by molar-refractivity contribution is 9.10. The minimum atomic E-state index is -0.634. The van der Waals surface area contributed by atoms with Crippen molar-refractivity contribution in [2.45, 2.75) is 10.1 Å². The number of benzene rings is 5. The SMILES string of the molecule is COc1ccc(/C=C(/NC(=O)c2ccccc2)C(=O)Nc2cccc(SC(C(=O)Nc3nc(-c4ccc(Br)cc4)cs3)c3ccccc3)c2)c(OC)c1. The van der Waals surface area contributed by atoms with Crippen LogP contribution in [0, 0.1) is 0 Å². The Hall–Kier alpha value is -5.69. The van der Waals surface area contributed by atoms with E-state index in [-0.39, 0.29) is 11.6 Å². The van der Waals surface area contributed by atoms with E-state index in [2.05, 4.69) is 36.9 Å². The number of amides is 3. The summed E-state index contributed by atoms with van der Waals surface area (Å²) in [6, 6.07) is 38.3. The molecular formula is C41H33BrN4O5S2. The Morgan fingerprint density at radius 1 is 0.811 bits per heavy atom. The predicted molar refractivity (Wildman–Crippen MR) is 215 cm³/mol. The van der Waals surface area contributed by atoms with E-state index in [1.165, 1.54) is 30.2 Å². The van der Waals surface area contributed by atoms with Crippen molar-refractivity contribution >= 4 is 73.6 Å². The van der Waals surface area contributed by atoms with E-state index in [1.807, 2.05) is 66.0 Å². The van der Waals surface area contributed by atoms with E-state index >= 15 is 0 Å². The van der Waals surface area contributed by atoms with Crippen LogP contribution in [0.25, 0.3) is 17.3 Å². The van der Waals surface area contributed by atoms with Gasteiger partial charge in [0.2, 0.25) is 5.91 Å². The van der Waals surface area contributed by atoms with E-state index in [1.54, 1.807) is 79.9 Å². The molecule has 1 aromatic heterocycles. The fraction of sp³-hybridized carbons (Fsp3) is 0.0732. The van der Waals surface area contributed by atoms with E-state index in [4.69, 9.17) is 9.47 Å². The number of methoxy groups -OCH3 is 2. The second kappa shape index (κ2) is 17.7. The number of anilines is 2. The summed E-state index contributed by atoms with van der Waals surface area (Å²) in [6.07, 6.45) is 1.55. The number of carbonyl (C=O) groups is 3. The standard InChI is InChI=1S/C41H33BrN4O5S2/c1-50-32-21-18-29(36(24-32)51-2)22-34(44-38(47)28-12-7-4-8-13-28)39(48)43-31-14-9-15-33(23-31)53-37(27-10-5-3-6-11-27)40(49)46-41-45-35(25-52-41)26-16-19-30(42)20-17-26/h3-25,37H,1-2H3,(H,43,48)(H,44,47)(H,45,46,49)/b34-22+. The van der Waals surface area contributed by atoms with Crippen LogP contribution in [0.4, 0.5) is 10.8 Å². The molecule has 0 radical (unpaired) electrons. The first-order chi connectivity index (χ1) is 25.8. The number of hydrogen-bond acceptors (Lipinski definition) is 8. The largest absolute Gasteiger partial charge is 0.497 e. The fourth-order valence-corrected chi connectivity index (χ4v) is 7.24. The molecule has 1 unspecified atom stereocenters. The second-order valence-corrected chi connectivity index (χ2v) is 14.4. The number of rotatable bonds is 13. The molecule has 1 atom stereocenters. The maximum absolute atomic E-state index is 13.9. The molecule has 53 heavy (non-hydrogen) atoms. The van der Waals surface area contributed by atoms with Crippen LogP contribution in [0.5, 0.6) is 11.5 Å². The number of ether oxygens (including phenoxy) is 2. The molecule has 0 aliphatic heterocycles. The zero-order chi connectivity index (χ0) is 37.2. The van der Waals surface area contributed by atoms with Crippen LogP contribution in [0.1, 0.15) is 26.7 Å². The molecule has 1 heterocycles. The third kappa shape index (κ3) is 9.80. The third-order valence-electron chi connectivity index (χ3n) is 7.83. The molecule has 0 bridgehead atoms. The minimum Gasteiger partial charge on any atom is -0.497 e. The highest BCUT2D eigenvalue weighted by atomic mass is 79.9. The van der Waals surface area contributed by atoms with Crippen molar-refractivity contribution in [2.24, 2.45) is 0 Å². The van der Waals surface area contributed by atoms with Crippen molar-refractivity contribution < 1.29 is 23.9 Å². The highest BCUT2D eigenvalue weighted by Crippen LogP contribution is 2.38. The summed E-state index contributed by atoms with van der Waals surface area (Å²) < 4.78 is 11.8. The van der Waals surface area contributed by atoms with Gasteiger partial charge in [0.15, 0.2) is 5.13 Å². The first-order valence-electron chi connectivity index (χ1n) is 16.2. The first kappa shape index (κ1) is 37.1. The first-order valence-corrected chi connectivity index (χ1v) is 18.8. The van der Waals surface area contributed by atoms with Gasteiger partial charge in [0, 0.05) is 43.2 Å². The molecule has 0 saturated carbocycles. The molecule has 3 amide bonds. The molecule has 5 aromatic carbocycles. The Morgan fingerprint density at radius 2 is 1.55 bits per heavy atom. The fourth-order valence-electron chi connectivity index (χ4n) is 5.17. The van der Waals surface area contributed by atoms with Crippen LogP contribution < -0.4 is 25.4 Å². The van der Waals surface area contributed by atoms with Crippen molar-refractivity contribution in [1.82, 2.24) is 10.3 Å². The number of halogens is 1. The lowest BCUT2D eigenvalue weighted by molar-refractivity contribution is -0.116. The highest BCUT2D eigenvalue weighted by Gasteiger charge is 2.24. The molecule has 266 valence electrons. The normalized spacial score (nSPS) is 11.6. The average Bonchev–Trinajstić information content (AvgIpc) is 3.66. The second-order valence-electron chi connectivity index (χ2n) is 11.4. The van der Waals surface area contributed by atoms with E-state index in [9.17, 15) is 14.4 Å². The summed E-state index contributed by atoms with van der Waals surface area (Å²) in [6.45, 7) is 0. The summed E-state index contributed by atoms with van der Waals surface area (Å²) in [4.78, 5) is 46.3. The zero-order valence-electron chi connectivity index (χ0n) is 28.5. The molecule has 3 N–H and O–H groups in total. The summed E-state index contributed by atoms with van der Waals surface area (Å²) in [7, 11) is 3.06. The molecule has 6 rings (SSSR count). The van der Waals surface area contributed by atoms with Crippen LogP contribution in [0.2, 0.25) is 0 Å². The van der Waals surface area contributed by atoms with Gasteiger partial charge < -0.3 is 25.4 Å². The van der Waals surface area contributed by atoms with Gasteiger partial charge in [-0.1, -0.05) is 82.7 Å². The Bertz CT molecular complexity index is 2250. The van der Waals surface area contributed by atoms with Gasteiger partial charge in [0.05, 0.1) is 19.9 Å². The lowest BCUT2D eigenvalue weighted by Crippen LogP contribution is -2.30. The topological polar surface area (TPSA) is 119 Å². The lowest BCUT2D eigenvalue weighted by atomic mass is 10.1. The number of nitrogens with zero attached hydrogens (tertiary/aromatic N) is 1. The number of carbonyl (C=O) groups excluding carboxylic acids is 3. The molecule has 6 aromatic rings. The Kier molecular flexibility index (Phi) is 12.4. The van der Waals surface area contributed by atoms with Crippen molar-refractivity contribution in [2.75, 3.05) is 24.9 Å². The van der Waals surface area contributed by atoms with Gasteiger partial charge >= 0.3 is 0 Å². The number of thioether (sulfide) groups is 1. The van der Waals surface area contributed by atoms with Crippen molar-refractivity contribution in [3.8, 4) is 22.8 Å². The van der Waals surface area contributed by atoms with Crippen molar-refractivity contribution in [3.05, 3.63) is 160 Å². The number of aromatic nitrogens is 1. The Morgan fingerprint density at radius 3 is 2.26 bits per heavy atom. The molecule has 0 saturated heterocycles. The Labute approximate surface area is 323 Å². The summed E-state index contributed by atoms with van der Waals surface area (Å²) in [5.74, 6) is -0.224. The van der Waals surface area contributed by atoms with Gasteiger partial charge in [-0.3, -0.25) is 14.4 Å².